The lowest BCUT2D eigenvalue weighted by molar-refractivity contribution is 0.196. The van der Waals surface area contributed by atoms with Crippen molar-refractivity contribution in [2.75, 3.05) is 13.2 Å². The highest BCUT2D eigenvalue weighted by Crippen LogP contribution is 2.24. The molecule has 0 aliphatic heterocycles. The predicted molar refractivity (Wildman–Crippen MR) is 72.5 cm³/mol. The van der Waals surface area contributed by atoms with Crippen LogP contribution < -0.4 is 4.72 Å². The molecule has 0 aromatic rings. The van der Waals surface area contributed by atoms with Crippen LogP contribution in [-0.4, -0.2) is 42.6 Å². The van der Waals surface area contributed by atoms with Crippen molar-refractivity contribution in [2.45, 2.75) is 64.5 Å². The smallest absolute Gasteiger partial charge is 0.280 e. The first kappa shape index (κ1) is 15.9. The van der Waals surface area contributed by atoms with Crippen molar-refractivity contribution in [2.24, 2.45) is 0 Å². The van der Waals surface area contributed by atoms with E-state index in [1.54, 1.807) is 0 Å². The highest BCUT2D eigenvalue weighted by atomic mass is 32.2. The van der Waals surface area contributed by atoms with Crippen LogP contribution in [0, 0.1) is 0 Å². The van der Waals surface area contributed by atoms with Crippen molar-refractivity contribution in [3.05, 3.63) is 0 Å². The Morgan fingerprint density at radius 2 is 1.78 bits per heavy atom. The van der Waals surface area contributed by atoms with E-state index in [0.717, 1.165) is 25.7 Å². The average molecular weight is 278 g/mol. The third kappa shape index (κ3) is 4.84. The number of rotatable bonds is 5. The van der Waals surface area contributed by atoms with E-state index in [1.165, 1.54) is 10.7 Å². The average Bonchev–Trinajstić information content (AvgIpc) is 2.23. The summed E-state index contributed by atoms with van der Waals surface area (Å²) in [5, 5.41) is 9.10. The van der Waals surface area contributed by atoms with Crippen LogP contribution in [0.5, 0.6) is 0 Å². The summed E-state index contributed by atoms with van der Waals surface area (Å²) in [6, 6.07) is 0.0331. The summed E-state index contributed by atoms with van der Waals surface area (Å²) in [5.74, 6) is 0. The highest BCUT2D eigenvalue weighted by molar-refractivity contribution is 7.87. The van der Waals surface area contributed by atoms with Crippen LogP contribution in [0.25, 0.3) is 0 Å². The molecule has 108 valence electrons. The van der Waals surface area contributed by atoms with Crippen molar-refractivity contribution in [1.29, 1.82) is 0 Å². The fraction of sp³-hybridized carbons (Fsp3) is 1.00. The fourth-order valence-corrected chi connectivity index (χ4v) is 4.23. The van der Waals surface area contributed by atoms with E-state index in [4.69, 9.17) is 5.11 Å². The number of hydrogen-bond acceptors (Lipinski definition) is 3. The highest BCUT2D eigenvalue weighted by Gasteiger charge is 2.32. The third-order valence-electron chi connectivity index (χ3n) is 3.05. The van der Waals surface area contributed by atoms with Gasteiger partial charge in [-0.3, -0.25) is 0 Å². The minimum absolute atomic E-state index is 0.0331. The van der Waals surface area contributed by atoms with Crippen LogP contribution in [0.2, 0.25) is 0 Å². The van der Waals surface area contributed by atoms with E-state index in [2.05, 4.69) is 4.72 Å². The maximum absolute atomic E-state index is 12.3. The zero-order valence-corrected chi connectivity index (χ0v) is 12.5. The zero-order chi connectivity index (χ0) is 13.8. The van der Waals surface area contributed by atoms with E-state index in [1.807, 2.05) is 20.8 Å². The molecule has 0 heterocycles. The Bertz CT molecular complexity index is 343. The Morgan fingerprint density at radius 3 is 2.22 bits per heavy atom. The van der Waals surface area contributed by atoms with Gasteiger partial charge in [-0.25, -0.2) is 0 Å². The first-order valence-electron chi connectivity index (χ1n) is 6.68. The van der Waals surface area contributed by atoms with Gasteiger partial charge in [-0.15, -0.1) is 0 Å². The molecule has 1 fully saturated rings. The number of aliphatic hydroxyl groups is 1. The molecule has 0 unspecified atom stereocenters. The molecule has 0 aromatic heterocycles. The van der Waals surface area contributed by atoms with Crippen molar-refractivity contribution < 1.29 is 13.5 Å². The van der Waals surface area contributed by atoms with E-state index >= 15 is 0 Å². The standard InChI is InChI=1S/C12H26N2O3S/c1-12(2,3)13-18(16,17)14(9-10-15)11-7-5-4-6-8-11/h11,13,15H,4-10H2,1-3H3. The minimum atomic E-state index is -3.52. The largest absolute Gasteiger partial charge is 0.395 e. The van der Waals surface area contributed by atoms with E-state index in [0.29, 0.717) is 0 Å². The van der Waals surface area contributed by atoms with Gasteiger partial charge in [0, 0.05) is 18.1 Å². The van der Waals surface area contributed by atoms with Gasteiger partial charge in [0.1, 0.15) is 0 Å². The Balaban J connectivity index is 2.82. The van der Waals surface area contributed by atoms with Crippen LogP contribution in [-0.2, 0) is 10.2 Å². The molecule has 0 radical (unpaired) electrons. The second-order valence-corrected chi connectivity index (χ2v) is 7.61. The quantitative estimate of drug-likeness (QED) is 0.795. The maximum Gasteiger partial charge on any atom is 0.280 e. The van der Waals surface area contributed by atoms with Crippen LogP contribution in [0.4, 0.5) is 0 Å². The molecule has 0 atom stereocenters. The molecule has 0 amide bonds. The molecular weight excluding hydrogens is 252 g/mol. The van der Waals surface area contributed by atoms with Crippen molar-refractivity contribution >= 4 is 10.2 Å². The maximum atomic E-state index is 12.3. The van der Waals surface area contributed by atoms with Gasteiger partial charge >= 0.3 is 0 Å². The van der Waals surface area contributed by atoms with Gasteiger partial charge in [0.2, 0.25) is 0 Å². The first-order valence-corrected chi connectivity index (χ1v) is 8.12. The topological polar surface area (TPSA) is 69.6 Å². The zero-order valence-electron chi connectivity index (χ0n) is 11.6. The molecule has 1 saturated carbocycles. The summed E-state index contributed by atoms with van der Waals surface area (Å²) >= 11 is 0. The normalized spacial score (nSPS) is 19.4. The summed E-state index contributed by atoms with van der Waals surface area (Å²) < 4.78 is 28.8. The predicted octanol–water partition coefficient (Wildman–Crippen LogP) is 1.25. The van der Waals surface area contributed by atoms with E-state index in [-0.39, 0.29) is 19.2 Å². The molecule has 5 nitrogen and oxygen atoms in total. The number of hydrogen-bond donors (Lipinski definition) is 2. The summed E-state index contributed by atoms with van der Waals surface area (Å²) in [6.45, 7) is 5.51. The van der Waals surface area contributed by atoms with Crippen molar-refractivity contribution in [3.8, 4) is 0 Å². The monoisotopic (exact) mass is 278 g/mol. The van der Waals surface area contributed by atoms with E-state index < -0.39 is 15.7 Å². The van der Waals surface area contributed by atoms with Crippen LogP contribution in [0.1, 0.15) is 52.9 Å². The van der Waals surface area contributed by atoms with Crippen LogP contribution in [0.3, 0.4) is 0 Å². The number of aliphatic hydroxyl groups excluding tert-OH is 1. The summed E-state index contributed by atoms with van der Waals surface area (Å²) in [6.07, 6.45) is 5.10. The molecular formula is C12H26N2O3S. The van der Waals surface area contributed by atoms with Gasteiger partial charge in [0.05, 0.1) is 6.61 Å². The SMILES string of the molecule is CC(C)(C)NS(=O)(=O)N(CCO)C1CCCCC1. The van der Waals surface area contributed by atoms with E-state index in [9.17, 15) is 8.42 Å². The molecule has 1 aliphatic carbocycles. The first-order chi connectivity index (χ1) is 8.26. The third-order valence-corrected chi connectivity index (χ3v) is 5.01. The summed E-state index contributed by atoms with van der Waals surface area (Å²) in [7, 11) is -3.52. The molecule has 6 heteroatoms. The van der Waals surface area contributed by atoms with Gasteiger partial charge in [0.25, 0.3) is 10.2 Å². The molecule has 0 spiro atoms. The Labute approximate surface area is 111 Å². The fourth-order valence-electron chi connectivity index (χ4n) is 2.41. The van der Waals surface area contributed by atoms with Crippen molar-refractivity contribution in [3.63, 3.8) is 0 Å². The summed E-state index contributed by atoms with van der Waals surface area (Å²) in [5.41, 5.74) is -0.499. The second kappa shape index (κ2) is 6.32. The molecule has 2 N–H and O–H groups in total. The lowest BCUT2D eigenvalue weighted by atomic mass is 9.95. The Morgan fingerprint density at radius 1 is 1.22 bits per heavy atom. The number of nitrogens with one attached hydrogen (secondary N) is 1. The van der Waals surface area contributed by atoms with Crippen molar-refractivity contribution in [1.82, 2.24) is 9.03 Å². The lowest BCUT2D eigenvalue weighted by Gasteiger charge is -2.35. The molecule has 1 aliphatic rings. The van der Waals surface area contributed by atoms with Gasteiger partial charge in [0.15, 0.2) is 0 Å². The molecule has 18 heavy (non-hydrogen) atoms. The van der Waals surface area contributed by atoms with Gasteiger partial charge in [-0.2, -0.15) is 17.4 Å². The molecule has 1 rings (SSSR count). The lowest BCUT2D eigenvalue weighted by Crippen LogP contribution is -2.53. The van der Waals surface area contributed by atoms with Crippen LogP contribution >= 0.6 is 0 Å². The van der Waals surface area contributed by atoms with Gasteiger partial charge in [-0.05, 0) is 33.6 Å². The number of nitrogens with zero attached hydrogens (tertiary/aromatic N) is 1. The summed E-state index contributed by atoms with van der Waals surface area (Å²) in [4.78, 5) is 0. The molecule has 0 aromatic carbocycles. The van der Waals surface area contributed by atoms with Crippen LogP contribution in [0.15, 0.2) is 0 Å². The Hall–Kier alpha value is -0.170. The molecule has 0 bridgehead atoms. The minimum Gasteiger partial charge on any atom is -0.395 e. The van der Waals surface area contributed by atoms with Gasteiger partial charge < -0.3 is 5.11 Å². The van der Waals surface area contributed by atoms with Gasteiger partial charge in [-0.1, -0.05) is 19.3 Å². The Kier molecular flexibility index (Phi) is 5.58. The molecule has 0 saturated heterocycles. The second-order valence-electron chi connectivity index (χ2n) is 5.98.